The Morgan fingerprint density at radius 1 is 1.37 bits per heavy atom. The standard InChI is InChI=1S/C15H12BrNO2/c1-3-6-9(4-2)14(18)15-13(17)12-10(16)7-5-8-11(12)19-15/h3-8H,1-2,17H2/b9-6+. The molecule has 0 unspecified atom stereocenters. The zero-order chi connectivity index (χ0) is 14.0. The van der Waals surface area contributed by atoms with Gasteiger partial charge in [0.1, 0.15) is 5.58 Å². The van der Waals surface area contributed by atoms with E-state index >= 15 is 0 Å². The van der Waals surface area contributed by atoms with Gasteiger partial charge >= 0.3 is 0 Å². The highest BCUT2D eigenvalue weighted by molar-refractivity contribution is 9.10. The van der Waals surface area contributed by atoms with E-state index in [0.717, 1.165) is 4.47 Å². The lowest BCUT2D eigenvalue weighted by atomic mass is 10.1. The lowest BCUT2D eigenvalue weighted by Gasteiger charge is -1.98. The van der Waals surface area contributed by atoms with Crippen molar-refractivity contribution in [1.82, 2.24) is 0 Å². The summed E-state index contributed by atoms with van der Waals surface area (Å²) in [5.74, 6) is -0.189. The maximum absolute atomic E-state index is 12.3. The first-order chi connectivity index (χ1) is 9.10. The van der Waals surface area contributed by atoms with Crippen LogP contribution >= 0.6 is 15.9 Å². The summed E-state index contributed by atoms with van der Waals surface area (Å²) in [7, 11) is 0. The number of allylic oxidation sites excluding steroid dienone is 4. The van der Waals surface area contributed by atoms with Gasteiger partial charge in [0.05, 0.1) is 11.1 Å². The van der Waals surface area contributed by atoms with Gasteiger partial charge in [-0.2, -0.15) is 0 Å². The Hall–Kier alpha value is -2.07. The molecule has 2 rings (SSSR count). The first kappa shape index (κ1) is 13.4. The van der Waals surface area contributed by atoms with Crippen LogP contribution in [0.5, 0.6) is 0 Å². The van der Waals surface area contributed by atoms with Crippen molar-refractivity contribution >= 4 is 38.4 Å². The van der Waals surface area contributed by atoms with Gasteiger partial charge < -0.3 is 10.2 Å². The van der Waals surface area contributed by atoms with Crippen LogP contribution in [0.2, 0.25) is 0 Å². The van der Waals surface area contributed by atoms with Crippen LogP contribution in [0.4, 0.5) is 5.69 Å². The summed E-state index contributed by atoms with van der Waals surface area (Å²) in [5, 5.41) is 0.702. The molecule has 0 saturated heterocycles. The average molecular weight is 318 g/mol. The number of hydrogen-bond acceptors (Lipinski definition) is 3. The minimum Gasteiger partial charge on any atom is -0.450 e. The number of ketones is 1. The van der Waals surface area contributed by atoms with E-state index in [4.69, 9.17) is 10.2 Å². The van der Waals surface area contributed by atoms with Gasteiger partial charge in [0.25, 0.3) is 0 Å². The lowest BCUT2D eigenvalue weighted by molar-refractivity contribution is 0.101. The summed E-state index contributed by atoms with van der Waals surface area (Å²) in [6, 6.07) is 5.42. The fourth-order valence-electron chi connectivity index (χ4n) is 1.79. The first-order valence-electron chi connectivity index (χ1n) is 5.56. The number of carbonyl (C=O) groups excluding carboxylic acids is 1. The highest BCUT2D eigenvalue weighted by Gasteiger charge is 2.21. The maximum atomic E-state index is 12.3. The Balaban J connectivity index is 2.64. The van der Waals surface area contributed by atoms with Crippen molar-refractivity contribution in [1.29, 1.82) is 0 Å². The fraction of sp³-hybridized carbons (Fsp3) is 0. The van der Waals surface area contributed by atoms with Gasteiger partial charge in [-0.15, -0.1) is 0 Å². The molecule has 0 fully saturated rings. The molecule has 19 heavy (non-hydrogen) atoms. The number of anilines is 1. The van der Waals surface area contributed by atoms with E-state index in [-0.39, 0.29) is 11.5 Å². The Morgan fingerprint density at radius 3 is 2.68 bits per heavy atom. The molecule has 0 bridgehead atoms. The normalized spacial score (nSPS) is 11.5. The molecular weight excluding hydrogens is 306 g/mol. The smallest absolute Gasteiger partial charge is 0.230 e. The van der Waals surface area contributed by atoms with Gasteiger partial charge in [-0.1, -0.05) is 37.5 Å². The number of fused-ring (bicyclic) bond motifs is 1. The van der Waals surface area contributed by atoms with Crippen LogP contribution < -0.4 is 5.73 Å². The molecule has 2 aromatic rings. The molecule has 3 nitrogen and oxygen atoms in total. The van der Waals surface area contributed by atoms with Gasteiger partial charge in [0.2, 0.25) is 5.78 Å². The van der Waals surface area contributed by atoms with Crippen LogP contribution in [-0.2, 0) is 0 Å². The van der Waals surface area contributed by atoms with Crippen LogP contribution in [0.15, 0.2) is 64.0 Å². The first-order valence-corrected chi connectivity index (χ1v) is 6.35. The molecular formula is C15H12BrNO2. The van der Waals surface area contributed by atoms with Crippen LogP contribution in [0.25, 0.3) is 11.0 Å². The van der Waals surface area contributed by atoms with Gasteiger partial charge in [0.15, 0.2) is 5.76 Å². The van der Waals surface area contributed by atoms with Crippen molar-refractivity contribution in [2.24, 2.45) is 0 Å². The molecule has 0 amide bonds. The van der Waals surface area contributed by atoms with Gasteiger partial charge in [-0.05, 0) is 28.1 Å². The predicted octanol–water partition coefficient (Wildman–Crippen LogP) is 4.26. The Bertz CT molecular complexity index is 710. The van der Waals surface area contributed by atoms with Gasteiger partial charge in [-0.25, -0.2) is 0 Å². The molecule has 0 aliphatic rings. The highest BCUT2D eigenvalue weighted by Crippen LogP contribution is 2.35. The SMILES string of the molecule is C=C/C=C(\C=C)C(=O)c1oc2cccc(Br)c2c1N. The summed E-state index contributed by atoms with van der Waals surface area (Å²) in [5.41, 5.74) is 7.27. The molecule has 1 aromatic heterocycles. The van der Waals surface area contributed by atoms with E-state index in [1.165, 1.54) is 12.2 Å². The molecule has 0 radical (unpaired) electrons. The van der Waals surface area contributed by atoms with E-state index in [1.807, 2.05) is 12.1 Å². The quantitative estimate of drug-likeness (QED) is 0.520. The third kappa shape index (κ3) is 2.27. The van der Waals surface area contributed by atoms with E-state index in [1.54, 1.807) is 12.1 Å². The predicted molar refractivity (Wildman–Crippen MR) is 81.1 cm³/mol. The Labute approximate surface area is 119 Å². The summed E-state index contributed by atoms with van der Waals surface area (Å²) >= 11 is 3.39. The zero-order valence-corrected chi connectivity index (χ0v) is 11.7. The molecule has 1 heterocycles. The second-order valence-corrected chi connectivity index (χ2v) is 4.70. The number of hydrogen-bond donors (Lipinski definition) is 1. The molecule has 0 spiro atoms. The zero-order valence-electron chi connectivity index (χ0n) is 10.2. The van der Waals surface area contributed by atoms with E-state index in [9.17, 15) is 4.79 Å². The molecule has 2 N–H and O–H groups in total. The van der Waals surface area contributed by atoms with Crippen LogP contribution in [0.1, 0.15) is 10.6 Å². The lowest BCUT2D eigenvalue weighted by Crippen LogP contribution is -2.03. The number of carbonyl (C=O) groups is 1. The van der Waals surface area contributed by atoms with Gasteiger partial charge in [-0.3, -0.25) is 4.79 Å². The number of Topliss-reactive ketones (excluding diaryl/α,β-unsaturated/α-hetero) is 1. The number of furan rings is 1. The van der Waals surface area contributed by atoms with Crippen molar-refractivity contribution in [3.05, 3.63) is 65.4 Å². The fourth-order valence-corrected chi connectivity index (χ4v) is 2.35. The Kier molecular flexibility index (Phi) is 3.71. The van der Waals surface area contributed by atoms with E-state index in [0.29, 0.717) is 22.2 Å². The largest absolute Gasteiger partial charge is 0.450 e. The van der Waals surface area contributed by atoms with Crippen molar-refractivity contribution in [3.8, 4) is 0 Å². The second-order valence-electron chi connectivity index (χ2n) is 3.85. The monoisotopic (exact) mass is 317 g/mol. The molecule has 0 saturated carbocycles. The maximum Gasteiger partial charge on any atom is 0.230 e. The number of halogens is 1. The second kappa shape index (κ2) is 5.28. The van der Waals surface area contributed by atoms with Crippen molar-refractivity contribution in [2.45, 2.75) is 0 Å². The van der Waals surface area contributed by atoms with Gasteiger partial charge in [0, 0.05) is 10.0 Å². The summed E-state index contributed by atoms with van der Waals surface area (Å²) in [6.45, 7) is 7.16. The van der Waals surface area contributed by atoms with E-state index in [2.05, 4.69) is 29.1 Å². The molecule has 0 aliphatic carbocycles. The third-order valence-electron chi connectivity index (χ3n) is 2.69. The number of nitrogens with two attached hydrogens (primary N) is 1. The van der Waals surface area contributed by atoms with Crippen LogP contribution in [0, 0.1) is 0 Å². The van der Waals surface area contributed by atoms with E-state index < -0.39 is 0 Å². The number of nitrogen functional groups attached to an aromatic ring is 1. The van der Waals surface area contributed by atoms with Crippen LogP contribution in [-0.4, -0.2) is 5.78 Å². The highest BCUT2D eigenvalue weighted by atomic mass is 79.9. The molecule has 0 atom stereocenters. The molecule has 4 heteroatoms. The summed E-state index contributed by atoms with van der Waals surface area (Å²) < 4.78 is 6.33. The minimum atomic E-state index is -0.310. The van der Waals surface area contributed by atoms with Crippen molar-refractivity contribution < 1.29 is 9.21 Å². The topological polar surface area (TPSA) is 56.2 Å². The summed E-state index contributed by atoms with van der Waals surface area (Å²) in [4.78, 5) is 12.3. The molecule has 0 aliphatic heterocycles. The van der Waals surface area contributed by atoms with Crippen molar-refractivity contribution in [2.75, 3.05) is 5.73 Å². The van der Waals surface area contributed by atoms with Crippen LogP contribution in [0.3, 0.4) is 0 Å². The van der Waals surface area contributed by atoms with Crippen molar-refractivity contribution in [3.63, 3.8) is 0 Å². The number of benzene rings is 1. The molecule has 96 valence electrons. The average Bonchev–Trinajstić information content (AvgIpc) is 2.74. The summed E-state index contributed by atoms with van der Waals surface area (Å²) in [6.07, 6.45) is 4.53. The minimum absolute atomic E-state index is 0.120. The molecule has 1 aromatic carbocycles. The third-order valence-corrected chi connectivity index (χ3v) is 3.35. The Morgan fingerprint density at radius 2 is 2.11 bits per heavy atom. The number of rotatable bonds is 4.